The highest BCUT2D eigenvalue weighted by atomic mass is 32.2. The van der Waals surface area contributed by atoms with Gasteiger partial charge < -0.3 is 10.8 Å². The van der Waals surface area contributed by atoms with E-state index in [-0.39, 0.29) is 4.90 Å². The Morgan fingerprint density at radius 3 is 2.27 bits per heavy atom. The van der Waals surface area contributed by atoms with Gasteiger partial charge in [-0.2, -0.15) is 4.72 Å². The van der Waals surface area contributed by atoms with Crippen molar-refractivity contribution in [3.63, 3.8) is 0 Å². The molecule has 0 aliphatic rings. The van der Waals surface area contributed by atoms with Gasteiger partial charge >= 0.3 is 5.97 Å². The van der Waals surface area contributed by atoms with E-state index in [1.807, 2.05) is 29.8 Å². The van der Waals surface area contributed by atoms with Gasteiger partial charge in [0.25, 0.3) is 0 Å². The van der Waals surface area contributed by atoms with Crippen LogP contribution in [0.3, 0.4) is 0 Å². The van der Waals surface area contributed by atoms with Crippen LogP contribution >= 0.6 is 0 Å². The minimum absolute atomic E-state index is 0.0117. The molecule has 0 aromatic heterocycles. The fraction of sp³-hybridized carbons (Fsp3) is 0.133. The van der Waals surface area contributed by atoms with E-state index in [9.17, 15) is 13.2 Å². The zero-order valence-electron chi connectivity index (χ0n) is 11.9. The van der Waals surface area contributed by atoms with Crippen LogP contribution in [0.4, 0.5) is 5.69 Å². The first-order valence-electron chi connectivity index (χ1n) is 6.47. The Morgan fingerprint density at radius 2 is 1.73 bits per heavy atom. The van der Waals surface area contributed by atoms with Crippen molar-refractivity contribution in [2.45, 2.75) is 11.8 Å². The van der Waals surface area contributed by atoms with Crippen molar-refractivity contribution in [1.29, 1.82) is 0 Å². The molecule has 0 spiro atoms. The van der Waals surface area contributed by atoms with Crippen molar-refractivity contribution < 1.29 is 18.3 Å². The van der Waals surface area contributed by atoms with Crippen LogP contribution in [0.2, 0.25) is 0 Å². The van der Waals surface area contributed by atoms with E-state index in [1.54, 1.807) is 12.1 Å². The van der Waals surface area contributed by atoms with Crippen molar-refractivity contribution in [3.8, 4) is 11.1 Å². The van der Waals surface area contributed by atoms with E-state index in [2.05, 4.69) is 0 Å². The van der Waals surface area contributed by atoms with Gasteiger partial charge in [0.1, 0.15) is 6.54 Å². The lowest BCUT2D eigenvalue weighted by atomic mass is 10.0. The number of aliphatic carboxylic acids is 1. The number of carboxylic acid groups (broad SMARTS) is 1. The summed E-state index contributed by atoms with van der Waals surface area (Å²) in [5.41, 5.74) is 9.20. The van der Waals surface area contributed by atoms with Crippen molar-refractivity contribution >= 4 is 21.7 Å². The first kappa shape index (κ1) is 16.0. The maximum Gasteiger partial charge on any atom is 0.318 e. The number of nitrogen functional groups attached to an aromatic ring is 1. The highest BCUT2D eigenvalue weighted by Gasteiger charge is 2.15. The molecule has 0 bridgehead atoms. The normalized spacial score (nSPS) is 11.3. The molecule has 0 saturated carbocycles. The third-order valence-electron chi connectivity index (χ3n) is 3.19. The summed E-state index contributed by atoms with van der Waals surface area (Å²) in [4.78, 5) is 10.4. The maximum absolute atomic E-state index is 11.9. The third-order valence-corrected chi connectivity index (χ3v) is 4.61. The van der Waals surface area contributed by atoms with Gasteiger partial charge in [-0.1, -0.05) is 24.3 Å². The van der Waals surface area contributed by atoms with Gasteiger partial charge in [-0.15, -0.1) is 0 Å². The Morgan fingerprint density at radius 1 is 1.14 bits per heavy atom. The second kappa shape index (κ2) is 6.17. The second-order valence-corrected chi connectivity index (χ2v) is 6.58. The van der Waals surface area contributed by atoms with Gasteiger partial charge in [-0.05, 0) is 41.8 Å². The van der Waals surface area contributed by atoms with Crippen LogP contribution in [-0.2, 0) is 14.8 Å². The highest BCUT2D eigenvalue weighted by molar-refractivity contribution is 7.89. The molecule has 0 saturated heterocycles. The van der Waals surface area contributed by atoms with Crippen molar-refractivity contribution in [1.82, 2.24) is 4.72 Å². The van der Waals surface area contributed by atoms with Gasteiger partial charge in [0.15, 0.2) is 0 Å². The van der Waals surface area contributed by atoms with E-state index < -0.39 is 22.5 Å². The standard InChI is InChI=1S/C15H16N2O4S/c1-10-2-3-12(8-14(10)16)11-4-6-13(7-5-11)22(20,21)17-9-15(18)19/h2-8,17H,9,16H2,1H3,(H,18,19). The smallest absolute Gasteiger partial charge is 0.318 e. The predicted octanol–water partition coefficient (Wildman–Crippen LogP) is 1.61. The molecule has 116 valence electrons. The van der Waals surface area contributed by atoms with Crippen LogP contribution in [0.25, 0.3) is 11.1 Å². The Labute approximate surface area is 128 Å². The minimum Gasteiger partial charge on any atom is -0.480 e. The number of hydrogen-bond acceptors (Lipinski definition) is 4. The molecule has 0 unspecified atom stereocenters. The molecule has 0 atom stereocenters. The van der Waals surface area contributed by atoms with Crippen molar-refractivity contribution in [3.05, 3.63) is 48.0 Å². The lowest BCUT2D eigenvalue weighted by Gasteiger charge is -2.08. The second-order valence-electron chi connectivity index (χ2n) is 4.81. The summed E-state index contributed by atoms with van der Waals surface area (Å²) in [7, 11) is -3.82. The molecule has 0 radical (unpaired) electrons. The van der Waals surface area contributed by atoms with Crippen LogP contribution in [0.1, 0.15) is 5.56 Å². The molecule has 2 aromatic carbocycles. The Hall–Kier alpha value is -2.38. The number of sulfonamides is 1. The molecular formula is C15H16N2O4S. The molecule has 0 heterocycles. The fourth-order valence-electron chi connectivity index (χ4n) is 1.89. The number of rotatable bonds is 5. The van der Waals surface area contributed by atoms with Crippen LogP contribution in [0.15, 0.2) is 47.4 Å². The summed E-state index contributed by atoms with van der Waals surface area (Å²) in [6.07, 6.45) is 0. The lowest BCUT2D eigenvalue weighted by molar-refractivity contribution is -0.135. The topological polar surface area (TPSA) is 109 Å². The van der Waals surface area contributed by atoms with E-state index in [0.717, 1.165) is 16.7 Å². The number of carbonyl (C=O) groups is 1. The number of aryl methyl sites for hydroxylation is 1. The molecule has 22 heavy (non-hydrogen) atoms. The summed E-state index contributed by atoms with van der Waals surface area (Å²) >= 11 is 0. The molecule has 0 fully saturated rings. The minimum atomic E-state index is -3.82. The number of benzene rings is 2. The molecule has 4 N–H and O–H groups in total. The molecule has 2 aromatic rings. The summed E-state index contributed by atoms with van der Waals surface area (Å²) in [5.74, 6) is -1.24. The predicted molar refractivity (Wildman–Crippen MR) is 83.9 cm³/mol. The van der Waals surface area contributed by atoms with Crippen LogP contribution in [0.5, 0.6) is 0 Å². The number of nitrogens with one attached hydrogen (secondary N) is 1. The molecule has 0 amide bonds. The van der Waals surface area contributed by atoms with Gasteiger partial charge in [-0.3, -0.25) is 4.79 Å². The maximum atomic E-state index is 11.9. The average Bonchev–Trinajstić information content (AvgIpc) is 2.48. The number of hydrogen-bond donors (Lipinski definition) is 3. The first-order valence-corrected chi connectivity index (χ1v) is 7.96. The van der Waals surface area contributed by atoms with E-state index in [4.69, 9.17) is 10.8 Å². The quantitative estimate of drug-likeness (QED) is 0.725. The van der Waals surface area contributed by atoms with Gasteiger partial charge in [0.2, 0.25) is 10.0 Å². The number of nitrogens with two attached hydrogens (primary N) is 1. The molecule has 0 aliphatic heterocycles. The Kier molecular flexibility index (Phi) is 4.48. The largest absolute Gasteiger partial charge is 0.480 e. The first-order chi connectivity index (χ1) is 10.3. The lowest BCUT2D eigenvalue weighted by Crippen LogP contribution is -2.29. The monoisotopic (exact) mass is 320 g/mol. The zero-order chi connectivity index (χ0) is 16.3. The van der Waals surface area contributed by atoms with E-state index in [0.29, 0.717) is 5.69 Å². The summed E-state index contributed by atoms with van der Waals surface area (Å²) in [6.45, 7) is 1.25. The molecule has 2 rings (SSSR count). The molecule has 6 nitrogen and oxygen atoms in total. The number of carboxylic acids is 1. The third kappa shape index (κ3) is 3.63. The van der Waals surface area contributed by atoms with Crippen molar-refractivity contribution in [2.75, 3.05) is 12.3 Å². The highest BCUT2D eigenvalue weighted by Crippen LogP contribution is 2.24. The van der Waals surface area contributed by atoms with Gasteiger partial charge in [0.05, 0.1) is 4.90 Å². The molecule has 0 aliphatic carbocycles. The molecular weight excluding hydrogens is 304 g/mol. The Bertz CT molecular complexity index is 799. The average molecular weight is 320 g/mol. The van der Waals surface area contributed by atoms with Gasteiger partial charge in [0, 0.05) is 5.69 Å². The van der Waals surface area contributed by atoms with Crippen LogP contribution < -0.4 is 10.5 Å². The fourth-order valence-corrected chi connectivity index (χ4v) is 2.86. The van der Waals surface area contributed by atoms with E-state index in [1.165, 1.54) is 12.1 Å². The molecule has 7 heteroatoms. The van der Waals surface area contributed by atoms with Crippen LogP contribution in [0, 0.1) is 6.92 Å². The SMILES string of the molecule is Cc1ccc(-c2ccc(S(=O)(=O)NCC(=O)O)cc2)cc1N. The van der Waals surface area contributed by atoms with Crippen molar-refractivity contribution in [2.24, 2.45) is 0 Å². The zero-order valence-corrected chi connectivity index (χ0v) is 12.7. The Balaban J connectivity index is 2.26. The summed E-state index contributed by atoms with van der Waals surface area (Å²) < 4.78 is 25.8. The van der Waals surface area contributed by atoms with E-state index >= 15 is 0 Å². The van der Waals surface area contributed by atoms with Crippen LogP contribution in [-0.4, -0.2) is 26.0 Å². The summed E-state index contributed by atoms with van der Waals surface area (Å²) in [5, 5.41) is 8.53. The number of anilines is 1. The summed E-state index contributed by atoms with van der Waals surface area (Å²) in [6, 6.07) is 11.8. The van der Waals surface area contributed by atoms with Gasteiger partial charge in [-0.25, -0.2) is 8.42 Å².